The van der Waals surface area contributed by atoms with Crippen molar-refractivity contribution in [3.8, 4) is 0 Å². The topological polar surface area (TPSA) is 41.1 Å². The van der Waals surface area contributed by atoms with E-state index in [1.54, 1.807) is 0 Å². The molecule has 1 heterocycles. The number of amides is 1. The van der Waals surface area contributed by atoms with Gasteiger partial charge in [-0.15, -0.1) is 0 Å². The molecule has 0 saturated carbocycles. The maximum atomic E-state index is 12.0. The van der Waals surface area contributed by atoms with Crippen molar-refractivity contribution < 1.29 is 4.79 Å². The van der Waals surface area contributed by atoms with E-state index in [9.17, 15) is 4.79 Å². The first kappa shape index (κ1) is 11.5. The molecule has 0 aromatic carbocycles. The Bertz CT molecular complexity index is 197. The minimum absolute atomic E-state index is 0.144. The van der Waals surface area contributed by atoms with Gasteiger partial charge in [-0.2, -0.15) is 0 Å². The molecule has 0 radical (unpaired) electrons. The maximum Gasteiger partial charge on any atom is 0.226 e. The zero-order valence-electron chi connectivity index (χ0n) is 9.52. The van der Waals surface area contributed by atoms with Crippen molar-refractivity contribution in [1.29, 1.82) is 0 Å². The molecular weight excluding hydrogens is 176 g/mol. The summed E-state index contributed by atoms with van der Waals surface area (Å²) >= 11 is 0. The van der Waals surface area contributed by atoms with Crippen molar-refractivity contribution in [2.75, 3.05) is 13.1 Å². The highest BCUT2D eigenvalue weighted by atomic mass is 16.2. The highest BCUT2D eigenvalue weighted by Crippen LogP contribution is 2.28. The molecule has 0 aromatic heterocycles. The Morgan fingerprint density at radius 3 is 2.57 bits per heavy atom. The highest BCUT2D eigenvalue weighted by molar-refractivity contribution is 5.82. The number of nitrogens with one attached hydrogen (secondary N) is 2. The van der Waals surface area contributed by atoms with Crippen LogP contribution in [0.3, 0.4) is 0 Å². The molecule has 2 N–H and O–H groups in total. The van der Waals surface area contributed by atoms with E-state index in [2.05, 4.69) is 31.4 Å². The summed E-state index contributed by atoms with van der Waals surface area (Å²) < 4.78 is 0. The van der Waals surface area contributed by atoms with Gasteiger partial charge in [-0.1, -0.05) is 13.8 Å². The lowest BCUT2D eigenvalue weighted by Crippen LogP contribution is -2.48. The molecule has 0 spiro atoms. The minimum Gasteiger partial charge on any atom is -0.353 e. The summed E-state index contributed by atoms with van der Waals surface area (Å²) in [4.78, 5) is 12.0. The van der Waals surface area contributed by atoms with Gasteiger partial charge in [0.25, 0.3) is 0 Å². The van der Waals surface area contributed by atoms with Crippen LogP contribution in [0.4, 0.5) is 0 Å². The Labute approximate surface area is 86.6 Å². The van der Waals surface area contributed by atoms with Crippen molar-refractivity contribution in [3.05, 3.63) is 0 Å². The molecule has 1 saturated heterocycles. The van der Waals surface area contributed by atoms with E-state index in [4.69, 9.17) is 0 Å². The van der Waals surface area contributed by atoms with Crippen LogP contribution in [-0.4, -0.2) is 25.0 Å². The van der Waals surface area contributed by atoms with Gasteiger partial charge in [-0.25, -0.2) is 0 Å². The molecule has 1 fully saturated rings. The summed E-state index contributed by atoms with van der Waals surface area (Å²) in [6.07, 6.45) is 2.91. The largest absolute Gasteiger partial charge is 0.353 e. The van der Waals surface area contributed by atoms with Crippen molar-refractivity contribution in [2.24, 2.45) is 5.41 Å². The average molecular weight is 198 g/mol. The quantitative estimate of drug-likeness (QED) is 0.717. The SMILES string of the molecule is CCC(C)NC(=O)C1(C)CCNCC1. The standard InChI is InChI=1S/C11H22N2O/c1-4-9(2)13-10(14)11(3)5-7-12-8-6-11/h9,12H,4-8H2,1-3H3,(H,13,14). The van der Waals surface area contributed by atoms with Gasteiger partial charge in [0.2, 0.25) is 5.91 Å². The summed E-state index contributed by atoms with van der Waals surface area (Å²) in [5, 5.41) is 6.36. The second kappa shape index (κ2) is 4.78. The Morgan fingerprint density at radius 1 is 1.50 bits per heavy atom. The molecule has 0 aliphatic carbocycles. The second-order valence-corrected chi connectivity index (χ2v) is 4.59. The summed E-state index contributed by atoms with van der Waals surface area (Å²) in [5.74, 6) is 0.230. The van der Waals surface area contributed by atoms with E-state index < -0.39 is 0 Å². The molecule has 0 bridgehead atoms. The summed E-state index contributed by atoms with van der Waals surface area (Å²) in [7, 11) is 0. The van der Waals surface area contributed by atoms with E-state index in [1.807, 2.05) is 0 Å². The van der Waals surface area contributed by atoms with Crippen LogP contribution >= 0.6 is 0 Å². The summed E-state index contributed by atoms with van der Waals surface area (Å²) in [6.45, 7) is 8.15. The Morgan fingerprint density at radius 2 is 2.07 bits per heavy atom. The number of hydrogen-bond donors (Lipinski definition) is 2. The number of hydrogen-bond acceptors (Lipinski definition) is 2. The summed E-state index contributed by atoms with van der Waals surface area (Å²) in [5.41, 5.74) is -0.144. The first-order valence-corrected chi connectivity index (χ1v) is 5.60. The van der Waals surface area contributed by atoms with E-state index in [0.29, 0.717) is 6.04 Å². The van der Waals surface area contributed by atoms with Crippen molar-refractivity contribution in [3.63, 3.8) is 0 Å². The van der Waals surface area contributed by atoms with Crippen LogP contribution in [0.5, 0.6) is 0 Å². The van der Waals surface area contributed by atoms with Gasteiger partial charge in [0.1, 0.15) is 0 Å². The lowest BCUT2D eigenvalue weighted by molar-refractivity contribution is -0.132. The van der Waals surface area contributed by atoms with Crippen LogP contribution in [0, 0.1) is 5.41 Å². The van der Waals surface area contributed by atoms with Gasteiger partial charge < -0.3 is 10.6 Å². The number of piperidine rings is 1. The van der Waals surface area contributed by atoms with Crippen LogP contribution < -0.4 is 10.6 Å². The van der Waals surface area contributed by atoms with Gasteiger partial charge in [-0.3, -0.25) is 4.79 Å². The molecular formula is C11H22N2O. The van der Waals surface area contributed by atoms with E-state index in [-0.39, 0.29) is 11.3 Å². The molecule has 1 aliphatic rings. The molecule has 1 aliphatic heterocycles. The average Bonchev–Trinajstić information content (AvgIpc) is 2.18. The van der Waals surface area contributed by atoms with E-state index >= 15 is 0 Å². The fraction of sp³-hybridized carbons (Fsp3) is 0.909. The Kier molecular flexibility index (Phi) is 3.93. The fourth-order valence-electron chi connectivity index (χ4n) is 1.71. The zero-order chi connectivity index (χ0) is 10.6. The number of carbonyl (C=O) groups is 1. The smallest absolute Gasteiger partial charge is 0.226 e. The van der Waals surface area contributed by atoms with Crippen LogP contribution in [-0.2, 0) is 4.79 Å². The van der Waals surface area contributed by atoms with Crippen LogP contribution in [0.15, 0.2) is 0 Å². The van der Waals surface area contributed by atoms with Crippen LogP contribution in [0.25, 0.3) is 0 Å². The van der Waals surface area contributed by atoms with E-state index in [1.165, 1.54) is 0 Å². The van der Waals surface area contributed by atoms with Crippen molar-refractivity contribution in [1.82, 2.24) is 10.6 Å². The van der Waals surface area contributed by atoms with Crippen LogP contribution in [0.2, 0.25) is 0 Å². The van der Waals surface area contributed by atoms with Crippen molar-refractivity contribution >= 4 is 5.91 Å². The zero-order valence-corrected chi connectivity index (χ0v) is 9.52. The number of carbonyl (C=O) groups excluding carboxylic acids is 1. The van der Waals surface area contributed by atoms with Gasteiger partial charge in [0.05, 0.1) is 0 Å². The normalized spacial score (nSPS) is 22.8. The highest BCUT2D eigenvalue weighted by Gasteiger charge is 2.34. The Hall–Kier alpha value is -0.570. The molecule has 1 amide bonds. The fourth-order valence-corrected chi connectivity index (χ4v) is 1.71. The lowest BCUT2D eigenvalue weighted by Gasteiger charge is -2.33. The molecule has 82 valence electrons. The third-order valence-electron chi connectivity index (χ3n) is 3.25. The molecule has 3 nitrogen and oxygen atoms in total. The first-order valence-electron chi connectivity index (χ1n) is 5.60. The molecule has 0 aromatic rings. The van der Waals surface area contributed by atoms with Gasteiger partial charge in [-0.05, 0) is 39.3 Å². The first-order chi connectivity index (χ1) is 6.58. The monoisotopic (exact) mass is 198 g/mol. The third-order valence-corrected chi connectivity index (χ3v) is 3.25. The summed E-state index contributed by atoms with van der Waals surface area (Å²) in [6, 6.07) is 0.300. The number of rotatable bonds is 3. The van der Waals surface area contributed by atoms with Gasteiger partial charge >= 0.3 is 0 Å². The van der Waals surface area contributed by atoms with Gasteiger partial charge in [0, 0.05) is 11.5 Å². The minimum atomic E-state index is -0.144. The molecule has 14 heavy (non-hydrogen) atoms. The maximum absolute atomic E-state index is 12.0. The predicted molar refractivity (Wildman–Crippen MR) is 58.1 cm³/mol. The lowest BCUT2D eigenvalue weighted by atomic mass is 9.80. The Balaban J connectivity index is 2.49. The third kappa shape index (κ3) is 2.71. The molecule has 3 heteroatoms. The van der Waals surface area contributed by atoms with Crippen LogP contribution in [0.1, 0.15) is 40.0 Å². The van der Waals surface area contributed by atoms with Crippen molar-refractivity contribution in [2.45, 2.75) is 46.1 Å². The predicted octanol–water partition coefficient (Wildman–Crippen LogP) is 1.29. The molecule has 1 rings (SSSR count). The second-order valence-electron chi connectivity index (χ2n) is 4.59. The molecule has 1 atom stereocenters. The van der Waals surface area contributed by atoms with E-state index in [0.717, 1.165) is 32.4 Å². The van der Waals surface area contributed by atoms with Gasteiger partial charge in [0.15, 0.2) is 0 Å². The molecule has 1 unspecified atom stereocenters.